The SMILES string of the molecule is CC1(C)SC(C(NC(=O)c2ccccc2)C(=O)NCc2ccccc2)NC1C(=O)O. The minimum absolute atomic E-state index is 0.306. The normalized spacial score (nSPS) is 20.9. The first-order valence-electron chi connectivity index (χ1n) is 9.62. The molecule has 0 aromatic heterocycles. The molecule has 3 unspecified atom stereocenters. The molecule has 1 heterocycles. The van der Waals surface area contributed by atoms with Crippen molar-refractivity contribution in [3.8, 4) is 0 Å². The number of amides is 2. The van der Waals surface area contributed by atoms with Gasteiger partial charge in [0.05, 0.1) is 5.37 Å². The van der Waals surface area contributed by atoms with E-state index in [1.165, 1.54) is 11.8 Å². The van der Waals surface area contributed by atoms with Crippen LogP contribution in [0.4, 0.5) is 0 Å². The third-order valence-corrected chi connectivity index (χ3v) is 6.43. The van der Waals surface area contributed by atoms with Crippen LogP contribution in [0.1, 0.15) is 29.8 Å². The predicted octanol–water partition coefficient (Wildman–Crippen LogP) is 2.00. The van der Waals surface area contributed by atoms with Crippen molar-refractivity contribution in [1.29, 1.82) is 0 Å². The van der Waals surface area contributed by atoms with Crippen LogP contribution in [-0.2, 0) is 16.1 Å². The summed E-state index contributed by atoms with van der Waals surface area (Å²) < 4.78 is -0.647. The Morgan fingerprint density at radius 2 is 1.67 bits per heavy atom. The lowest BCUT2D eigenvalue weighted by Gasteiger charge is -2.25. The summed E-state index contributed by atoms with van der Waals surface area (Å²) in [5.41, 5.74) is 1.35. The molecule has 2 amide bonds. The molecular formula is C22H25N3O4S. The molecule has 0 spiro atoms. The highest BCUT2D eigenvalue weighted by molar-refractivity contribution is 8.01. The Morgan fingerprint density at radius 1 is 1.07 bits per heavy atom. The second kappa shape index (κ2) is 9.32. The zero-order valence-electron chi connectivity index (χ0n) is 16.8. The van der Waals surface area contributed by atoms with E-state index in [-0.39, 0.29) is 5.91 Å². The molecule has 3 atom stereocenters. The molecule has 3 rings (SSSR count). The quantitative estimate of drug-likeness (QED) is 0.538. The number of nitrogens with one attached hydrogen (secondary N) is 3. The van der Waals surface area contributed by atoms with Crippen LogP contribution in [0.2, 0.25) is 0 Å². The van der Waals surface area contributed by atoms with Crippen LogP contribution in [-0.4, -0.2) is 45.1 Å². The van der Waals surface area contributed by atoms with Gasteiger partial charge >= 0.3 is 5.97 Å². The maximum absolute atomic E-state index is 13.0. The fourth-order valence-electron chi connectivity index (χ4n) is 3.31. The van der Waals surface area contributed by atoms with Gasteiger partial charge in [-0.3, -0.25) is 19.7 Å². The van der Waals surface area contributed by atoms with Crippen molar-refractivity contribution in [2.75, 3.05) is 0 Å². The van der Waals surface area contributed by atoms with Crippen molar-refractivity contribution in [2.45, 2.75) is 42.6 Å². The molecule has 30 heavy (non-hydrogen) atoms. The maximum atomic E-state index is 13.0. The Bertz CT molecular complexity index is 905. The van der Waals surface area contributed by atoms with Gasteiger partial charge in [-0.25, -0.2) is 0 Å². The lowest BCUT2D eigenvalue weighted by molar-refractivity contribution is -0.140. The molecule has 158 valence electrons. The van der Waals surface area contributed by atoms with E-state index in [9.17, 15) is 19.5 Å². The van der Waals surface area contributed by atoms with Crippen LogP contribution in [0.5, 0.6) is 0 Å². The van der Waals surface area contributed by atoms with E-state index in [0.717, 1.165) is 5.56 Å². The Labute approximate surface area is 179 Å². The third kappa shape index (κ3) is 5.20. The number of aliphatic carboxylic acids is 1. The lowest BCUT2D eigenvalue weighted by atomic mass is 10.0. The first-order chi connectivity index (χ1) is 14.3. The highest BCUT2D eigenvalue weighted by Gasteiger charge is 2.49. The topological polar surface area (TPSA) is 108 Å². The van der Waals surface area contributed by atoms with E-state index in [1.807, 2.05) is 30.3 Å². The average molecular weight is 428 g/mol. The van der Waals surface area contributed by atoms with Gasteiger partial charge in [0.15, 0.2) is 0 Å². The molecule has 0 saturated carbocycles. The van der Waals surface area contributed by atoms with Gasteiger partial charge in [0.25, 0.3) is 5.91 Å². The van der Waals surface area contributed by atoms with Crippen molar-refractivity contribution in [2.24, 2.45) is 0 Å². The van der Waals surface area contributed by atoms with Gasteiger partial charge in [0, 0.05) is 16.9 Å². The zero-order valence-corrected chi connectivity index (χ0v) is 17.6. The first kappa shape index (κ1) is 21.9. The largest absolute Gasteiger partial charge is 0.480 e. The molecule has 0 radical (unpaired) electrons. The second-order valence-electron chi connectivity index (χ2n) is 7.60. The minimum atomic E-state index is -0.993. The Kier molecular flexibility index (Phi) is 6.79. The van der Waals surface area contributed by atoms with Crippen molar-refractivity contribution in [3.63, 3.8) is 0 Å². The summed E-state index contributed by atoms with van der Waals surface area (Å²) in [6.07, 6.45) is 0. The molecule has 1 aliphatic rings. The standard InChI is InChI=1S/C22H25N3O4S/c1-22(2)17(21(28)29)25-20(30-22)16(24-18(26)15-11-7-4-8-12-15)19(27)23-13-14-9-5-3-6-10-14/h3-12,16-17,20,25H,13H2,1-2H3,(H,23,27)(H,24,26)(H,28,29). The Hall–Kier alpha value is -2.84. The number of benzene rings is 2. The van der Waals surface area contributed by atoms with Crippen molar-refractivity contribution >= 4 is 29.5 Å². The minimum Gasteiger partial charge on any atom is -0.480 e. The van der Waals surface area contributed by atoms with Crippen LogP contribution in [0, 0.1) is 0 Å². The summed E-state index contributed by atoms with van der Waals surface area (Å²) in [5.74, 6) is -1.77. The lowest BCUT2D eigenvalue weighted by Crippen LogP contribution is -2.56. The van der Waals surface area contributed by atoms with E-state index in [0.29, 0.717) is 12.1 Å². The molecule has 1 aliphatic heterocycles. The number of carboxylic acid groups (broad SMARTS) is 1. The molecule has 0 bridgehead atoms. The first-order valence-corrected chi connectivity index (χ1v) is 10.5. The number of rotatable bonds is 7. The summed E-state index contributed by atoms with van der Waals surface area (Å²) in [6, 6.07) is 16.2. The maximum Gasteiger partial charge on any atom is 0.322 e. The second-order valence-corrected chi connectivity index (χ2v) is 9.40. The van der Waals surface area contributed by atoms with Crippen molar-refractivity contribution in [1.82, 2.24) is 16.0 Å². The molecule has 2 aromatic carbocycles. The van der Waals surface area contributed by atoms with E-state index in [2.05, 4.69) is 16.0 Å². The molecule has 4 N–H and O–H groups in total. The van der Waals surface area contributed by atoms with E-state index >= 15 is 0 Å². The predicted molar refractivity (Wildman–Crippen MR) is 116 cm³/mol. The molecular weight excluding hydrogens is 402 g/mol. The smallest absolute Gasteiger partial charge is 0.322 e. The van der Waals surface area contributed by atoms with Crippen LogP contribution in [0.25, 0.3) is 0 Å². The zero-order chi connectivity index (χ0) is 21.7. The van der Waals surface area contributed by atoms with Crippen LogP contribution in [0.15, 0.2) is 60.7 Å². The molecule has 1 saturated heterocycles. The summed E-state index contributed by atoms with van der Waals surface area (Å²) in [6.45, 7) is 3.92. The van der Waals surface area contributed by atoms with Gasteiger partial charge in [-0.15, -0.1) is 11.8 Å². The Balaban J connectivity index is 1.78. The molecule has 7 nitrogen and oxygen atoms in total. The Morgan fingerprint density at radius 3 is 2.23 bits per heavy atom. The van der Waals surface area contributed by atoms with Gasteiger partial charge in [0.2, 0.25) is 5.91 Å². The molecule has 1 fully saturated rings. The fourth-order valence-corrected chi connectivity index (χ4v) is 4.81. The van der Waals surface area contributed by atoms with Crippen molar-refractivity contribution < 1.29 is 19.5 Å². The highest BCUT2D eigenvalue weighted by Crippen LogP contribution is 2.39. The number of carboxylic acids is 1. The summed E-state index contributed by atoms with van der Waals surface area (Å²) in [4.78, 5) is 37.4. The number of carbonyl (C=O) groups is 3. The molecule has 0 aliphatic carbocycles. The number of thioether (sulfide) groups is 1. The van der Waals surface area contributed by atoms with E-state index < -0.39 is 34.1 Å². The van der Waals surface area contributed by atoms with Gasteiger partial charge in [-0.05, 0) is 31.5 Å². The van der Waals surface area contributed by atoms with Crippen LogP contribution < -0.4 is 16.0 Å². The summed E-state index contributed by atoms with van der Waals surface area (Å²) in [5, 5.41) is 17.6. The fraction of sp³-hybridized carbons (Fsp3) is 0.318. The number of carbonyl (C=O) groups excluding carboxylic acids is 2. The van der Waals surface area contributed by atoms with Gasteiger partial charge in [-0.2, -0.15) is 0 Å². The van der Waals surface area contributed by atoms with E-state index in [1.54, 1.807) is 44.2 Å². The number of hydrogen-bond donors (Lipinski definition) is 4. The monoisotopic (exact) mass is 427 g/mol. The van der Waals surface area contributed by atoms with E-state index in [4.69, 9.17) is 0 Å². The van der Waals surface area contributed by atoms with Gasteiger partial charge < -0.3 is 15.7 Å². The molecule has 2 aromatic rings. The summed E-state index contributed by atoms with van der Waals surface area (Å²) >= 11 is 1.33. The molecule has 8 heteroatoms. The van der Waals surface area contributed by atoms with Crippen LogP contribution in [0.3, 0.4) is 0 Å². The van der Waals surface area contributed by atoms with Crippen LogP contribution >= 0.6 is 11.8 Å². The van der Waals surface area contributed by atoms with Gasteiger partial charge in [0.1, 0.15) is 12.1 Å². The van der Waals surface area contributed by atoms with Crippen molar-refractivity contribution in [3.05, 3.63) is 71.8 Å². The highest BCUT2D eigenvalue weighted by atomic mass is 32.2. The summed E-state index contributed by atoms with van der Waals surface area (Å²) in [7, 11) is 0. The third-order valence-electron chi connectivity index (χ3n) is 4.92. The average Bonchev–Trinajstić information content (AvgIpc) is 3.06. The number of hydrogen-bond acceptors (Lipinski definition) is 5. The van der Waals surface area contributed by atoms with Gasteiger partial charge in [-0.1, -0.05) is 48.5 Å².